The van der Waals surface area contributed by atoms with Crippen LogP contribution in [0.4, 0.5) is 5.82 Å². The molecule has 1 saturated heterocycles. The summed E-state index contributed by atoms with van der Waals surface area (Å²) in [5, 5.41) is 3.37. The van der Waals surface area contributed by atoms with Crippen LogP contribution in [0.2, 0.25) is 0 Å². The lowest BCUT2D eigenvalue weighted by Crippen LogP contribution is -2.37. The van der Waals surface area contributed by atoms with Gasteiger partial charge in [-0.2, -0.15) is 0 Å². The summed E-state index contributed by atoms with van der Waals surface area (Å²) in [5.41, 5.74) is 1.18. The zero-order valence-corrected chi connectivity index (χ0v) is 13.1. The van der Waals surface area contributed by atoms with Crippen LogP contribution >= 0.6 is 0 Å². The molecule has 1 unspecified atom stereocenters. The Bertz CT molecular complexity index is 405. The summed E-state index contributed by atoms with van der Waals surface area (Å²) in [5.74, 6) is 1.01. The minimum absolute atomic E-state index is 0.680. The number of nitrogens with zero attached hydrogens (tertiary/aromatic N) is 3. The summed E-state index contributed by atoms with van der Waals surface area (Å²) in [7, 11) is 4.31. The number of rotatable bonds is 7. The number of pyridine rings is 1. The molecule has 2 heterocycles. The van der Waals surface area contributed by atoms with E-state index >= 15 is 0 Å². The SMILES string of the molecule is CCCNc1cccc(CN2CCCC2CN(C)C)n1. The van der Waals surface area contributed by atoms with Crippen LogP contribution in [0, 0.1) is 0 Å². The largest absolute Gasteiger partial charge is 0.370 e. The number of anilines is 1. The van der Waals surface area contributed by atoms with Gasteiger partial charge in [-0.1, -0.05) is 13.0 Å². The molecule has 4 heteroatoms. The highest BCUT2D eigenvalue weighted by molar-refractivity contribution is 5.35. The molecule has 0 bridgehead atoms. The number of hydrogen-bond acceptors (Lipinski definition) is 4. The molecule has 0 aromatic carbocycles. The van der Waals surface area contributed by atoms with Gasteiger partial charge in [0, 0.05) is 25.7 Å². The molecule has 0 saturated carbocycles. The van der Waals surface area contributed by atoms with Crippen molar-refractivity contribution in [3.05, 3.63) is 23.9 Å². The predicted molar refractivity (Wildman–Crippen MR) is 85.0 cm³/mol. The number of likely N-dealkylation sites (N-methyl/N-ethyl adjacent to an activating group) is 1. The molecule has 0 aliphatic carbocycles. The van der Waals surface area contributed by atoms with Gasteiger partial charge in [0.1, 0.15) is 5.82 Å². The van der Waals surface area contributed by atoms with Crippen molar-refractivity contribution in [2.24, 2.45) is 0 Å². The minimum atomic E-state index is 0.680. The van der Waals surface area contributed by atoms with Gasteiger partial charge in [-0.25, -0.2) is 4.98 Å². The topological polar surface area (TPSA) is 31.4 Å². The molecule has 0 radical (unpaired) electrons. The van der Waals surface area contributed by atoms with E-state index in [1.165, 1.54) is 25.1 Å². The fourth-order valence-corrected chi connectivity index (χ4v) is 2.86. The first kappa shape index (κ1) is 15.3. The van der Waals surface area contributed by atoms with Crippen LogP contribution < -0.4 is 5.32 Å². The van der Waals surface area contributed by atoms with Gasteiger partial charge in [0.15, 0.2) is 0 Å². The molecule has 0 amide bonds. The van der Waals surface area contributed by atoms with Crippen molar-refractivity contribution in [1.29, 1.82) is 0 Å². The average Bonchev–Trinajstić information content (AvgIpc) is 2.83. The van der Waals surface area contributed by atoms with E-state index in [4.69, 9.17) is 4.98 Å². The van der Waals surface area contributed by atoms with Crippen molar-refractivity contribution < 1.29 is 0 Å². The van der Waals surface area contributed by atoms with Crippen LogP contribution in [0.5, 0.6) is 0 Å². The number of hydrogen-bond donors (Lipinski definition) is 1. The number of likely N-dealkylation sites (tertiary alicyclic amines) is 1. The average molecular weight is 276 g/mol. The van der Waals surface area contributed by atoms with Gasteiger partial charge >= 0.3 is 0 Å². The molecule has 112 valence electrons. The molecule has 0 spiro atoms. The smallest absolute Gasteiger partial charge is 0.126 e. The van der Waals surface area contributed by atoms with E-state index in [2.05, 4.69) is 54.3 Å². The number of aromatic nitrogens is 1. The molecule has 4 nitrogen and oxygen atoms in total. The van der Waals surface area contributed by atoms with Gasteiger partial charge in [-0.3, -0.25) is 4.90 Å². The molecule has 2 rings (SSSR count). The Kier molecular flexibility index (Phi) is 5.80. The zero-order chi connectivity index (χ0) is 14.4. The Morgan fingerprint density at radius 3 is 3.00 bits per heavy atom. The van der Waals surface area contributed by atoms with Crippen molar-refractivity contribution in [2.45, 2.75) is 38.8 Å². The Hall–Kier alpha value is -1.13. The lowest BCUT2D eigenvalue weighted by atomic mass is 10.2. The van der Waals surface area contributed by atoms with Crippen LogP contribution in [0.15, 0.2) is 18.2 Å². The van der Waals surface area contributed by atoms with E-state index in [-0.39, 0.29) is 0 Å². The number of nitrogens with one attached hydrogen (secondary N) is 1. The highest BCUT2D eigenvalue weighted by Crippen LogP contribution is 2.20. The van der Waals surface area contributed by atoms with E-state index in [1.54, 1.807) is 0 Å². The van der Waals surface area contributed by atoms with E-state index in [1.807, 2.05) is 0 Å². The van der Waals surface area contributed by atoms with Gasteiger partial charge in [0.25, 0.3) is 0 Å². The first-order valence-electron chi connectivity index (χ1n) is 7.77. The molecular weight excluding hydrogens is 248 g/mol. The van der Waals surface area contributed by atoms with Gasteiger partial charge in [-0.05, 0) is 52.0 Å². The quantitative estimate of drug-likeness (QED) is 0.829. The van der Waals surface area contributed by atoms with E-state index in [9.17, 15) is 0 Å². The van der Waals surface area contributed by atoms with Crippen molar-refractivity contribution in [3.8, 4) is 0 Å². The third kappa shape index (κ3) is 4.46. The summed E-state index contributed by atoms with van der Waals surface area (Å²) in [6.45, 7) is 6.48. The summed E-state index contributed by atoms with van der Waals surface area (Å²) >= 11 is 0. The Morgan fingerprint density at radius 1 is 1.40 bits per heavy atom. The van der Waals surface area contributed by atoms with Gasteiger partial charge in [0.2, 0.25) is 0 Å². The predicted octanol–water partition coefficient (Wildman–Crippen LogP) is 2.43. The lowest BCUT2D eigenvalue weighted by Gasteiger charge is -2.26. The molecule has 1 aliphatic rings. The first-order chi connectivity index (χ1) is 9.69. The minimum Gasteiger partial charge on any atom is -0.370 e. The molecule has 1 N–H and O–H groups in total. The molecular formula is C16H28N4. The van der Waals surface area contributed by atoms with Crippen LogP contribution in [-0.4, -0.2) is 54.6 Å². The Labute approximate surface area is 123 Å². The normalized spacial score (nSPS) is 19.7. The zero-order valence-electron chi connectivity index (χ0n) is 13.1. The van der Waals surface area contributed by atoms with E-state index in [0.29, 0.717) is 6.04 Å². The third-order valence-corrected chi connectivity index (χ3v) is 3.80. The Balaban J connectivity index is 1.94. The highest BCUT2D eigenvalue weighted by atomic mass is 15.2. The fraction of sp³-hybridized carbons (Fsp3) is 0.688. The highest BCUT2D eigenvalue weighted by Gasteiger charge is 2.25. The van der Waals surface area contributed by atoms with Crippen LogP contribution in [-0.2, 0) is 6.54 Å². The molecule has 1 atom stereocenters. The van der Waals surface area contributed by atoms with Crippen molar-refractivity contribution >= 4 is 5.82 Å². The van der Waals surface area contributed by atoms with Crippen molar-refractivity contribution in [3.63, 3.8) is 0 Å². The van der Waals surface area contributed by atoms with Gasteiger partial charge in [-0.15, -0.1) is 0 Å². The van der Waals surface area contributed by atoms with E-state index < -0.39 is 0 Å². The van der Waals surface area contributed by atoms with Crippen molar-refractivity contribution in [2.75, 3.05) is 39.0 Å². The molecule has 20 heavy (non-hydrogen) atoms. The lowest BCUT2D eigenvalue weighted by molar-refractivity contribution is 0.199. The van der Waals surface area contributed by atoms with Crippen LogP contribution in [0.25, 0.3) is 0 Å². The van der Waals surface area contributed by atoms with Gasteiger partial charge < -0.3 is 10.2 Å². The summed E-state index contributed by atoms with van der Waals surface area (Å²) in [6.07, 6.45) is 3.75. The maximum Gasteiger partial charge on any atom is 0.126 e. The second-order valence-corrected chi connectivity index (χ2v) is 5.97. The maximum atomic E-state index is 4.72. The Morgan fingerprint density at radius 2 is 2.25 bits per heavy atom. The first-order valence-corrected chi connectivity index (χ1v) is 7.77. The van der Waals surface area contributed by atoms with Crippen molar-refractivity contribution in [1.82, 2.24) is 14.8 Å². The van der Waals surface area contributed by atoms with Gasteiger partial charge in [0.05, 0.1) is 5.69 Å². The summed E-state index contributed by atoms with van der Waals surface area (Å²) in [4.78, 5) is 9.58. The third-order valence-electron chi connectivity index (χ3n) is 3.80. The second-order valence-electron chi connectivity index (χ2n) is 5.97. The molecule has 1 aromatic rings. The standard InChI is InChI=1S/C16H28N4/c1-4-10-17-16-9-5-7-14(18-16)12-20-11-6-8-15(20)13-19(2)3/h5,7,9,15H,4,6,8,10-13H2,1-3H3,(H,17,18). The van der Waals surface area contributed by atoms with Crippen LogP contribution in [0.1, 0.15) is 31.9 Å². The fourth-order valence-electron chi connectivity index (χ4n) is 2.86. The summed E-state index contributed by atoms with van der Waals surface area (Å²) < 4.78 is 0. The summed E-state index contributed by atoms with van der Waals surface area (Å²) in [6, 6.07) is 6.99. The molecule has 1 aliphatic heterocycles. The second kappa shape index (κ2) is 7.60. The molecule has 1 aromatic heterocycles. The van der Waals surface area contributed by atoms with E-state index in [0.717, 1.165) is 31.9 Å². The van der Waals surface area contributed by atoms with Crippen LogP contribution in [0.3, 0.4) is 0 Å². The molecule has 1 fully saturated rings. The monoisotopic (exact) mass is 276 g/mol. The maximum absolute atomic E-state index is 4.72.